The van der Waals surface area contributed by atoms with Crippen LogP contribution in [0.5, 0.6) is 11.5 Å². The molecule has 0 bridgehead atoms. The molecule has 1 heterocycles. The third-order valence-corrected chi connectivity index (χ3v) is 6.37. The quantitative estimate of drug-likeness (QED) is 0.618. The molecule has 7 heteroatoms. The second-order valence-electron chi connectivity index (χ2n) is 8.39. The zero-order chi connectivity index (χ0) is 21.3. The van der Waals surface area contributed by atoms with Crippen LogP contribution < -0.4 is 9.47 Å². The maximum atomic E-state index is 15.8. The fourth-order valence-corrected chi connectivity index (χ4v) is 4.72. The van der Waals surface area contributed by atoms with Gasteiger partial charge in [0.15, 0.2) is 17.2 Å². The number of rotatable bonds is 6. The van der Waals surface area contributed by atoms with Crippen molar-refractivity contribution < 1.29 is 23.0 Å². The maximum Gasteiger partial charge on any atom is 0.200 e. The average molecular weight is 452 g/mol. The van der Waals surface area contributed by atoms with Crippen molar-refractivity contribution in [2.24, 2.45) is 5.92 Å². The zero-order valence-corrected chi connectivity index (χ0v) is 18.6. The van der Waals surface area contributed by atoms with Crippen LogP contribution in [0.4, 0.5) is 8.78 Å². The van der Waals surface area contributed by atoms with E-state index in [-0.39, 0.29) is 37.0 Å². The predicted molar refractivity (Wildman–Crippen MR) is 118 cm³/mol. The minimum atomic E-state index is -1.86. The monoisotopic (exact) mass is 451 g/mol. The molecular weight excluding hydrogens is 424 g/mol. The number of hydrogen-bond donors (Lipinski definition) is 0. The summed E-state index contributed by atoms with van der Waals surface area (Å²) >= 11 is 0. The van der Waals surface area contributed by atoms with Crippen LogP contribution in [0.25, 0.3) is 0 Å². The van der Waals surface area contributed by atoms with Crippen molar-refractivity contribution in [1.29, 1.82) is 0 Å². The van der Waals surface area contributed by atoms with Gasteiger partial charge in [0, 0.05) is 18.5 Å². The fourth-order valence-electron chi connectivity index (χ4n) is 4.72. The highest BCUT2D eigenvalue weighted by atomic mass is 35.5. The van der Waals surface area contributed by atoms with Crippen molar-refractivity contribution in [3.63, 3.8) is 0 Å². The molecule has 1 saturated heterocycles. The van der Waals surface area contributed by atoms with Crippen molar-refractivity contribution in [2.75, 3.05) is 27.3 Å². The summed E-state index contributed by atoms with van der Waals surface area (Å²) < 4.78 is 39.4. The van der Waals surface area contributed by atoms with Gasteiger partial charge in [-0.15, -0.1) is 12.4 Å². The topological polar surface area (TPSA) is 38.8 Å². The van der Waals surface area contributed by atoms with Crippen LogP contribution in [0.1, 0.15) is 40.7 Å². The first kappa shape index (κ1) is 23.5. The minimum Gasteiger partial charge on any atom is -0.493 e. The van der Waals surface area contributed by atoms with Crippen molar-refractivity contribution in [3.8, 4) is 11.5 Å². The van der Waals surface area contributed by atoms with Crippen LogP contribution in [0.2, 0.25) is 0 Å². The van der Waals surface area contributed by atoms with Gasteiger partial charge < -0.3 is 9.47 Å². The van der Waals surface area contributed by atoms with Crippen molar-refractivity contribution in [3.05, 3.63) is 58.9 Å². The third kappa shape index (κ3) is 4.85. The number of benzene rings is 2. The zero-order valence-electron chi connectivity index (χ0n) is 17.8. The molecular formula is C24H28ClF2NO3. The predicted octanol–water partition coefficient (Wildman–Crippen LogP) is 5.01. The van der Waals surface area contributed by atoms with E-state index in [1.54, 1.807) is 24.3 Å². The number of alkyl halides is 1. The van der Waals surface area contributed by atoms with Gasteiger partial charge >= 0.3 is 0 Å². The van der Waals surface area contributed by atoms with E-state index in [0.29, 0.717) is 22.6 Å². The SMILES string of the molecule is COc1cc2c(cc1OC)C(=O)C(F)(CC1CCN(Cc3ccc(F)cc3)CC1)C2.Cl. The molecule has 0 spiro atoms. The van der Waals surface area contributed by atoms with Crippen molar-refractivity contribution in [1.82, 2.24) is 4.90 Å². The van der Waals surface area contributed by atoms with E-state index in [1.165, 1.54) is 26.4 Å². The summed E-state index contributed by atoms with van der Waals surface area (Å²) in [6, 6.07) is 9.87. The Hall–Kier alpha value is -2.18. The number of carbonyl (C=O) groups is 1. The van der Waals surface area contributed by atoms with Crippen LogP contribution in [0.3, 0.4) is 0 Å². The summed E-state index contributed by atoms with van der Waals surface area (Å²) in [6.45, 7) is 2.46. The number of piperidine rings is 1. The lowest BCUT2D eigenvalue weighted by Gasteiger charge is -2.34. The van der Waals surface area contributed by atoms with Gasteiger partial charge in [-0.25, -0.2) is 8.78 Å². The highest BCUT2D eigenvalue weighted by molar-refractivity contribution is 6.07. The standard InChI is InChI=1S/C24H27F2NO3.ClH/c1-29-21-11-18-14-24(26,23(28)20(18)12-22(21)30-2)13-16-7-9-27(10-8-16)15-17-3-5-19(25)6-4-17;/h3-6,11-12,16H,7-10,13-15H2,1-2H3;1H. The molecule has 0 aromatic heterocycles. The Morgan fingerprint density at radius 1 is 1.06 bits per heavy atom. The number of fused-ring (bicyclic) bond motifs is 1. The van der Waals surface area contributed by atoms with E-state index >= 15 is 4.39 Å². The van der Waals surface area contributed by atoms with E-state index in [4.69, 9.17) is 9.47 Å². The molecule has 4 rings (SSSR count). The van der Waals surface area contributed by atoms with Gasteiger partial charge in [-0.2, -0.15) is 0 Å². The summed E-state index contributed by atoms with van der Waals surface area (Å²) in [6.07, 6.45) is 2.04. The molecule has 31 heavy (non-hydrogen) atoms. The van der Waals surface area contributed by atoms with Gasteiger partial charge in [0.1, 0.15) is 5.82 Å². The molecule has 0 amide bonds. The third-order valence-electron chi connectivity index (χ3n) is 6.37. The van der Waals surface area contributed by atoms with Crippen molar-refractivity contribution >= 4 is 18.2 Å². The number of halogens is 3. The van der Waals surface area contributed by atoms with E-state index in [2.05, 4.69) is 4.90 Å². The number of nitrogens with zero attached hydrogens (tertiary/aromatic N) is 1. The second kappa shape index (κ2) is 9.53. The highest BCUT2D eigenvalue weighted by Gasteiger charge is 2.48. The molecule has 0 saturated carbocycles. The maximum absolute atomic E-state index is 15.8. The van der Waals surface area contributed by atoms with E-state index < -0.39 is 11.5 Å². The van der Waals surface area contributed by atoms with E-state index in [1.807, 2.05) is 0 Å². The first-order valence-corrected chi connectivity index (χ1v) is 10.4. The number of Topliss-reactive ketones (excluding diaryl/α,β-unsaturated/α-hetero) is 1. The number of ether oxygens (including phenoxy) is 2. The molecule has 1 unspecified atom stereocenters. The van der Waals surface area contributed by atoms with Gasteiger partial charge in [-0.1, -0.05) is 12.1 Å². The van der Waals surface area contributed by atoms with Crippen LogP contribution in [-0.2, 0) is 13.0 Å². The molecule has 2 aromatic rings. The van der Waals surface area contributed by atoms with Gasteiger partial charge in [0.2, 0.25) is 5.78 Å². The van der Waals surface area contributed by atoms with Crippen LogP contribution in [0.15, 0.2) is 36.4 Å². The van der Waals surface area contributed by atoms with Crippen LogP contribution in [0, 0.1) is 11.7 Å². The Labute approximate surface area is 187 Å². The molecule has 4 nitrogen and oxygen atoms in total. The molecule has 168 valence electrons. The normalized spacial score (nSPS) is 21.5. The molecule has 2 aromatic carbocycles. The highest BCUT2D eigenvalue weighted by Crippen LogP contribution is 2.43. The smallest absolute Gasteiger partial charge is 0.200 e. The summed E-state index contributed by atoms with van der Waals surface area (Å²) in [5.74, 6) is 0.460. The summed E-state index contributed by atoms with van der Waals surface area (Å²) in [5.41, 5.74) is 0.308. The Kier molecular flexibility index (Phi) is 7.22. The Morgan fingerprint density at radius 3 is 2.29 bits per heavy atom. The molecule has 2 aliphatic rings. The number of ketones is 1. The summed E-state index contributed by atoms with van der Waals surface area (Å²) in [4.78, 5) is 15.2. The van der Waals surface area contributed by atoms with Crippen LogP contribution >= 0.6 is 12.4 Å². The molecule has 1 aliphatic heterocycles. The van der Waals surface area contributed by atoms with Gasteiger partial charge in [-0.3, -0.25) is 9.69 Å². The first-order chi connectivity index (χ1) is 14.4. The fraction of sp³-hybridized carbons (Fsp3) is 0.458. The lowest BCUT2D eigenvalue weighted by atomic mass is 9.83. The van der Waals surface area contributed by atoms with Crippen molar-refractivity contribution in [2.45, 2.75) is 37.9 Å². The lowest BCUT2D eigenvalue weighted by Crippen LogP contribution is -2.38. The summed E-state index contributed by atoms with van der Waals surface area (Å²) in [7, 11) is 3.04. The Balaban J connectivity index is 0.00000272. The molecule has 1 aliphatic carbocycles. The summed E-state index contributed by atoms with van der Waals surface area (Å²) in [5, 5.41) is 0. The molecule has 0 N–H and O–H groups in total. The van der Waals surface area contributed by atoms with Gasteiger partial charge in [0.05, 0.1) is 14.2 Å². The van der Waals surface area contributed by atoms with Gasteiger partial charge in [0.25, 0.3) is 0 Å². The minimum absolute atomic E-state index is 0. The largest absolute Gasteiger partial charge is 0.493 e. The second-order valence-corrected chi connectivity index (χ2v) is 8.39. The van der Waals surface area contributed by atoms with Crippen LogP contribution in [-0.4, -0.2) is 43.7 Å². The Bertz CT molecular complexity index is 929. The number of methoxy groups -OCH3 is 2. The lowest BCUT2D eigenvalue weighted by molar-refractivity contribution is 0.0587. The molecule has 1 fully saturated rings. The molecule has 1 atom stereocenters. The molecule has 0 radical (unpaired) electrons. The Morgan fingerprint density at radius 2 is 1.68 bits per heavy atom. The van der Waals surface area contributed by atoms with E-state index in [9.17, 15) is 9.18 Å². The number of likely N-dealkylation sites (tertiary alicyclic amines) is 1. The number of carbonyl (C=O) groups excluding carboxylic acids is 1. The van der Waals surface area contributed by atoms with Gasteiger partial charge in [-0.05, 0) is 73.7 Å². The first-order valence-electron chi connectivity index (χ1n) is 10.4. The number of hydrogen-bond acceptors (Lipinski definition) is 4. The van der Waals surface area contributed by atoms with E-state index in [0.717, 1.165) is 38.0 Å². The average Bonchev–Trinajstić information content (AvgIpc) is 2.99.